The number of benzene rings is 17. The molecule has 17 aromatic carbocycles. The molecule has 119 heavy (non-hydrogen) atoms. The van der Waals surface area contributed by atoms with Crippen molar-refractivity contribution in [3.63, 3.8) is 0 Å². The maximum atomic E-state index is 6.82. The van der Waals surface area contributed by atoms with Gasteiger partial charge in [-0.2, -0.15) is 0 Å². The molecule has 554 valence electrons. The summed E-state index contributed by atoms with van der Waals surface area (Å²) in [7, 11) is 0. The molecule has 10 heteroatoms. The standard InChI is InChI=1S/C109H66N8OS/c1-7-26-68(27-8-1)103-110-104(69-28-9-2-10-29-69)113-107(112-103)83-40-23-46-96-100(83)82-57-50-76(66-97(82)118-96)74-52-59-93-87(64-74)86-62-72(51-58-92(86)116(93)79-36-17-6-18-37-79)67-48-55-78(56-49-67)109(77-34-15-5-16-35-77)89-42-21-19-39-81(89)102-90(109)43-25-45-95(102)117-91-44-22-20-38-80(91)85-63-73(53-60-94(85)117)75-54-61-98-88(65-75)101-84(41-24-47-99(101)119-98)108-114-105(70-30-11-3-12-31-70)111-106(115-108)71-32-13-4-14-33-71/h1-66H. The predicted octanol–water partition coefficient (Wildman–Crippen LogP) is 27.9. The van der Waals surface area contributed by atoms with Gasteiger partial charge in [-0.3, -0.25) is 0 Å². The summed E-state index contributed by atoms with van der Waals surface area (Å²) >= 11 is 1.80. The van der Waals surface area contributed by atoms with Crippen molar-refractivity contribution in [1.82, 2.24) is 39.0 Å². The fraction of sp³-hybridized carbons (Fsp3) is 0.00917. The van der Waals surface area contributed by atoms with Gasteiger partial charge in [0.15, 0.2) is 34.9 Å². The maximum Gasteiger partial charge on any atom is 0.164 e. The van der Waals surface area contributed by atoms with Crippen molar-refractivity contribution in [2.45, 2.75) is 5.41 Å². The molecule has 24 rings (SSSR count). The summed E-state index contributed by atoms with van der Waals surface area (Å²) in [4.78, 5) is 30.8. The van der Waals surface area contributed by atoms with Gasteiger partial charge in [0.05, 0.1) is 33.2 Å². The molecule has 0 radical (unpaired) electrons. The van der Waals surface area contributed by atoms with Crippen molar-refractivity contribution in [2.75, 3.05) is 0 Å². The van der Waals surface area contributed by atoms with Crippen LogP contribution in [0.1, 0.15) is 22.3 Å². The summed E-state index contributed by atoms with van der Waals surface area (Å²) in [6.07, 6.45) is 0. The van der Waals surface area contributed by atoms with Crippen LogP contribution in [0.15, 0.2) is 405 Å². The molecule has 1 atom stereocenters. The highest BCUT2D eigenvalue weighted by Crippen LogP contribution is 2.59. The second-order valence-electron chi connectivity index (χ2n) is 30.7. The third-order valence-electron chi connectivity index (χ3n) is 24.1. The Bertz CT molecular complexity index is 7910. The monoisotopic (exact) mass is 1530 g/mol. The lowest BCUT2D eigenvalue weighted by molar-refractivity contribution is 0.669. The molecular formula is C109H66N8OS. The van der Waals surface area contributed by atoms with Crippen LogP contribution < -0.4 is 0 Å². The Morgan fingerprint density at radius 3 is 1.26 bits per heavy atom. The minimum Gasteiger partial charge on any atom is -0.456 e. The fourth-order valence-electron chi connectivity index (χ4n) is 18.8. The molecule has 0 spiro atoms. The van der Waals surface area contributed by atoms with Crippen molar-refractivity contribution in [1.29, 1.82) is 0 Å². The highest BCUT2D eigenvalue weighted by atomic mass is 32.1. The number of hydrogen-bond donors (Lipinski definition) is 0. The first-order valence-electron chi connectivity index (χ1n) is 40.2. The number of aromatic nitrogens is 8. The van der Waals surface area contributed by atoms with Crippen molar-refractivity contribution in [2.24, 2.45) is 0 Å². The fourth-order valence-corrected chi connectivity index (χ4v) is 19.9. The Hall–Kier alpha value is -15.6. The van der Waals surface area contributed by atoms with Gasteiger partial charge < -0.3 is 13.6 Å². The molecule has 0 fully saturated rings. The van der Waals surface area contributed by atoms with Gasteiger partial charge in [0, 0.05) is 97.1 Å². The van der Waals surface area contributed by atoms with E-state index in [1.807, 2.05) is 109 Å². The molecule has 0 bridgehead atoms. The summed E-state index contributed by atoms with van der Waals surface area (Å²) in [5.41, 5.74) is 27.2. The number of hydrogen-bond acceptors (Lipinski definition) is 8. The zero-order valence-electron chi connectivity index (χ0n) is 64.0. The van der Waals surface area contributed by atoms with E-state index in [4.69, 9.17) is 34.3 Å². The minimum absolute atomic E-state index is 0.582. The summed E-state index contributed by atoms with van der Waals surface area (Å²) in [5.74, 6) is 3.72. The van der Waals surface area contributed by atoms with Crippen LogP contribution in [0.25, 0.3) is 210 Å². The first kappa shape index (κ1) is 67.8. The van der Waals surface area contributed by atoms with E-state index < -0.39 is 5.41 Å². The molecule has 1 unspecified atom stereocenters. The average molecular weight is 1540 g/mol. The first-order valence-corrected chi connectivity index (χ1v) is 41.0. The Balaban J connectivity index is 0.602. The normalized spacial score (nSPS) is 13.2. The Labute approximate surface area is 688 Å². The van der Waals surface area contributed by atoms with Crippen LogP contribution in [-0.4, -0.2) is 39.0 Å². The number of nitrogens with zero attached hydrogens (tertiary/aromatic N) is 8. The smallest absolute Gasteiger partial charge is 0.164 e. The highest BCUT2D eigenvalue weighted by molar-refractivity contribution is 7.26. The second kappa shape index (κ2) is 27.3. The molecule has 6 heterocycles. The second-order valence-corrected chi connectivity index (χ2v) is 31.8. The molecule has 0 aliphatic heterocycles. The molecule has 1 aliphatic rings. The number of rotatable bonds is 13. The quantitative estimate of drug-likeness (QED) is 0.113. The molecule has 6 aromatic heterocycles. The van der Waals surface area contributed by atoms with Crippen LogP contribution in [0.2, 0.25) is 0 Å². The van der Waals surface area contributed by atoms with Gasteiger partial charge in [-0.25, -0.2) is 29.9 Å². The largest absolute Gasteiger partial charge is 0.456 e. The van der Waals surface area contributed by atoms with Crippen LogP contribution in [0.3, 0.4) is 0 Å². The Morgan fingerprint density at radius 1 is 0.235 bits per heavy atom. The van der Waals surface area contributed by atoms with Crippen LogP contribution in [0.4, 0.5) is 0 Å². The molecule has 0 saturated carbocycles. The molecule has 0 saturated heterocycles. The lowest BCUT2D eigenvalue weighted by Gasteiger charge is -2.34. The van der Waals surface area contributed by atoms with Gasteiger partial charge >= 0.3 is 0 Å². The van der Waals surface area contributed by atoms with E-state index in [2.05, 4.69) is 300 Å². The molecule has 9 nitrogen and oxygen atoms in total. The lowest BCUT2D eigenvalue weighted by Crippen LogP contribution is -2.28. The third-order valence-corrected chi connectivity index (χ3v) is 25.3. The molecular weight excluding hydrogens is 1470 g/mol. The number of para-hydroxylation sites is 2. The number of thiophene rings is 1. The Kier molecular flexibility index (Phi) is 15.6. The van der Waals surface area contributed by atoms with Crippen LogP contribution in [0, 0.1) is 0 Å². The van der Waals surface area contributed by atoms with E-state index in [0.717, 1.165) is 138 Å². The molecule has 0 amide bonds. The molecule has 0 N–H and O–H groups in total. The van der Waals surface area contributed by atoms with E-state index in [0.29, 0.717) is 34.9 Å². The zero-order valence-corrected chi connectivity index (χ0v) is 64.8. The van der Waals surface area contributed by atoms with Crippen LogP contribution in [0.5, 0.6) is 0 Å². The van der Waals surface area contributed by atoms with E-state index in [-0.39, 0.29) is 0 Å². The van der Waals surface area contributed by atoms with Crippen molar-refractivity contribution in [3.05, 3.63) is 423 Å². The summed E-state index contributed by atoms with van der Waals surface area (Å²) in [6.45, 7) is 0. The van der Waals surface area contributed by atoms with Crippen LogP contribution >= 0.6 is 11.3 Å². The first-order chi connectivity index (χ1) is 59.0. The zero-order chi connectivity index (χ0) is 78.2. The predicted molar refractivity (Wildman–Crippen MR) is 488 cm³/mol. The van der Waals surface area contributed by atoms with Gasteiger partial charge in [0.2, 0.25) is 0 Å². The van der Waals surface area contributed by atoms with Crippen molar-refractivity contribution < 1.29 is 4.42 Å². The van der Waals surface area contributed by atoms with E-state index in [9.17, 15) is 0 Å². The van der Waals surface area contributed by atoms with Gasteiger partial charge in [-0.15, -0.1) is 11.3 Å². The SMILES string of the molecule is c1ccc(-c2nc(-c3ccccc3)nc(-c3cccc4oc5cc(-c6ccc7c(c6)c6cc(-c8ccc(C9(c%10ccccc%10)c%10ccccc%10-c%10c(-n%11c%12ccccc%12c%12cc(-c%13ccc%14sc%15cccc(-c%16nc(-c%17ccccc%17)nc(-c%17ccccc%17)n%16)c%15c%14c%13)ccc%12%11)cccc%109)cc8)ccc6n7-c6ccccc6)ccc5c34)n2)cc1. The number of fused-ring (bicyclic) bond motifs is 15. The van der Waals surface area contributed by atoms with Crippen molar-refractivity contribution in [3.8, 4) is 124 Å². The third kappa shape index (κ3) is 10.9. The molecule has 1 aliphatic carbocycles. The average Bonchev–Trinajstić information content (AvgIpc) is 1.52. The lowest BCUT2D eigenvalue weighted by atomic mass is 9.67. The van der Waals surface area contributed by atoms with Gasteiger partial charge in [-0.1, -0.05) is 303 Å². The van der Waals surface area contributed by atoms with E-state index in [1.165, 1.54) is 58.9 Å². The molecule has 23 aromatic rings. The van der Waals surface area contributed by atoms with Gasteiger partial charge in [0.25, 0.3) is 0 Å². The van der Waals surface area contributed by atoms with Gasteiger partial charge in [-0.05, 0) is 158 Å². The summed E-state index contributed by atoms with van der Waals surface area (Å²) in [5, 5.41) is 8.93. The number of furan rings is 1. The highest BCUT2D eigenvalue weighted by Gasteiger charge is 2.47. The van der Waals surface area contributed by atoms with E-state index in [1.54, 1.807) is 11.3 Å². The summed E-state index contributed by atoms with van der Waals surface area (Å²) < 4.78 is 14.1. The van der Waals surface area contributed by atoms with Crippen molar-refractivity contribution >= 4 is 97.1 Å². The van der Waals surface area contributed by atoms with Crippen LogP contribution in [-0.2, 0) is 5.41 Å². The van der Waals surface area contributed by atoms with Gasteiger partial charge in [0.1, 0.15) is 11.2 Å². The topological polar surface area (TPSA) is 100 Å². The Morgan fingerprint density at radius 2 is 0.655 bits per heavy atom. The van der Waals surface area contributed by atoms with E-state index >= 15 is 0 Å². The maximum absolute atomic E-state index is 6.82. The summed E-state index contributed by atoms with van der Waals surface area (Å²) in [6, 6.07) is 144. The minimum atomic E-state index is -0.680.